The van der Waals surface area contributed by atoms with E-state index in [0.717, 1.165) is 6.07 Å². The van der Waals surface area contributed by atoms with E-state index >= 15 is 0 Å². The van der Waals surface area contributed by atoms with Crippen LogP contribution in [0.3, 0.4) is 0 Å². The molecule has 1 amide bonds. The minimum Gasteiger partial charge on any atom is -0.396 e. The number of benzene rings is 1. The van der Waals surface area contributed by atoms with Crippen molar-refractivity contribution in [2.24, 2.45) is 0 Å². The Balaban J connectivity index is 2.01. The molecule has 0 atom stereocenters. The Hall–Kier alpha value is -1.66. The molecular formula is C11H14FN3O2. The number of ether oxygens (including phenoxy) is 1. The van der Waals surface area contributed by atoms with E-state index in [1.807, 2.05) is 0 Å². The molecule has 2 rings (SSSR count). The predicted molar refractivity (Wildman–Crippen MR) is 60.7 cm³/mol. The molecule has 1 fully saturated rings. The van der Waals surface area contributed by atoms with Crippen LogP contribution < -0.4 is 11.2 Å². The highest BCUT2D eigenvalue weighted by Gasteiger charge is 2.15. The van der Waals surface area contributed by atoms with Gasteiger partial charge in [-0.2, -0.15) is 0 Å². The summed E-state index contributed by atoms with van der Waals surface area (Å²) in [5.74, 6) is -0.926. The number of carbonyl (C=O) groups is 1. The second-order valence-electron chi connectivity index (χ2n) is 3.78. The molecule has 0 saturated carbocycles. The van der Waals surface area contributed by atoms with E-state index in [1.165, 1.54) is 12.1 Å². The second-order valence-corrected chi connectivity index (χ2v) is 3.78. The van der Waals surface area contributed by atoms with Gasteiger partial charge in [-0.1, -0.05) is 0 Å². The maximum atomic E-state index is 13.2. The lowest BCUT2D eigenvalue weighted by Crippen LogP contribution is -2.48. The van der Waals surface area contributed by atoms with E-state index in [4.69, 9.17) is 10.5 Å². The zero-order chi connectivity index (χ0) is 12.3. The van der Waals surface area contributed by atoms with Crippen LogP contribution in [-0.2, 0) is 4.74 Å². The average Bonchev–Trinajstić information content (AvgIpc) is 2.34. The van der Waals surface area contributed by atoms with Gasteiger partial charge in [0.2, 0.25) is 0 Å². The molecule has 0 unspecified atom stereocenters. The number of hydrazine groups is 1. The summed E-state index contributed by atoms with van der Waals surface area (Å²) in [6, 6.07) is 4.00. The van der Waals surface area contributed by atoms with Gasteiger partial charge in [0.05, 0.1) is 18.9 Å². The Morgan fingerprint density at radius 3 is 2.76 bits per heavy atom. The van der Waals surface area contributed by atoms with Crippen LogP contribution in [0.5, 0.6) is 0 Å². The molecule has 0 radical (unpaired) electrons. The lowest BCUT2D eigenvalue weighted by atomic mass is 10.2. The van der Waals surface area contributed by atoms with Crippen LogP contribution in [0, 0.1) is 5.82 Å². The Labute approximate surface area is 98.3 Å². The summed E-state index contributed by atoms with van der Waals surface area (Å²) in [4.78, 5) is 11.8. The van der Waals surface area contributed by atoms with Crippen molar-refractivity contribution in [3.8, 4) is 0 Å². The number of nitrogen functional groups attached to an aromatic ring is 1. The fourth-order valence-corrected chi connectivity index (χ4v) is 1.55. The molecule has 1 aromatic rings. The lowest BCUT2D eigenvalue weighted by Gasteiger charge is -2.26. The van der Waals surface area contributed by atoms with Crippen LogP contribution in [0.15, 0.2) is 18.2 Å². The van der Waals surface area contributed by atoms with E-state index in [9.17, 15) is 9.18 Å². The number of amides is 1. The highest BCUT2D eigenvalue weighted by molar-refractivity contribution is 5.94. The second kappa shape index (κ2) is 5.11. The van der Waals surface area contributed by atoms with Gasteiger partial charge in [-0.3, -0.25) is 10.2 Å². The van der Waals surface area contributed by atoms with Gasteiger partial charge in [-0.25, -0.2) is 9.40 Å². The smallest absolute Gasteiger partial charge is 0.265 e. The predicted octanol–water partition coefficient (Wildman–Crippen LogP) is 0.385. The largest absolute Gasteiger partial charge is 0.396 e. The normalized spacial score (nSPS) is 16.8. The molecule has 5 nitrogen and oxygen atoms in total. The Kier molecular flexibility index (Phi) is 3.55. The maximum absolute atomic E-state index is 13.2. The number of carbonyl (C=O) groups excluding carboxylic acids is 1. The van der Waals surface area contributed by atoms with Gasteiger partial charge in [0.25, 0.3) is 5.91 Å². The molecule has 3 N–H and O–H groups in total. The van der Waals surface area contributed by atoms with Gasteiger partial charge in [0.15, 0.2) is 0 Å². The fraction of sp³-hybridized carbons (Fsp3) is 0.364. The third-order valence-corrected chi connectivity index (χ3v) is 2.53. The van der Waals surface area contributed by atoms with Gasteiger partial charge < -0.3 is 10.5 Å². The quantitative estimate of drug-likeness (QED) is 0.732. The zero-order valence-electron chi connectivity index (χ0n) is 9.28. The first kappa shape index (κ1) is 11.8. The van der Waals surface area contributed by atoms with Crippen molar-refractivity contribution in [3.63, 3.8) is 0 Å². The summed E-state index contributed by atoms with van der Waals surface area (Å²) in [5, 5.41) is 1.75. The lowest BCUT2D eigenvalue weighted by molar-refractivity contribution is 0.0126. The number of nitrogens with one attached hydrogen (secondary N) is 1. The summed E-state index contributed by atoms with van der Waals surface area (Å²) in [6.07, 6.45) is 0. The van der Waals surface area contributed by atoms with Gasteiger partial charge in [-0.15, -0.1) is 0 Å². The Bertz CT molecular complexity index is 419. The molecular weight excluding hydrogens is 225 g/mol. The van der Waals surface area contributed by atoms with Crippen molar-refractivity contribution in [2.75, 3.05) is 32.0 Å². The van der Waals surface area contributed by atoms with Crippen LogP contribution in [0.4, 0.5) is 10.1 Å². The summed E-state index contributed by atoms with van der Waals surface area (Å²) in [7, 11) is 0. The van der Waals surface area contributed by atoms with Crippen molar-refractivity contribution in [3.05, 3.63) is 29.6 Å². The topological polar surface area (TPSA) is 67.6 Å². The van der Waals surface area contributed by atoms with Crippen LogP contribution in [0.2, 0.25) is 0 Å². The van der Waals surface area contributed by atoms with Crippen LogP contribution in [-0.4, -0.2) is 37.2 Å². The molecule has 92 valence electrons. The number of anilines is 1. The number of rotatable bonds is 2. The summed E-state index contributed by atoms with van der Waals surface area (Å²) in [5.41, 5.74) is 8.32. The molecule has 17 heavy (non-hydrogen) atoms. The van der Waals surface area contributed by atoms with Gasteiger partial charge in [0, 0.05) is 18.7 Å². The fourth-order valence-electron chi connectivity index (χ4n) is 1.55. The van der Waals surface area contributed by atoms with Crippen molar-refractivity contribution in [1.29, 1.82) is 0 Å². The number of hydrogen-bond acceptors (Lipinski definition) is 4. The SMILES string of the molecule is Nc1ccc(C(=O)NN2CCOCC2)cc1F. The van der Waals surface area contributed by atoms with E-state index in [2.05, 4.69) is 5.43 Å². The maximum Gasteiger partial charge on any atom is 0.265 e. The van der Waals surface area contributed by atoms with E-state index in [0.29, 0.717) is 26.3 Å². The monoisotopic (exact) mass is 239 g/mol. The van der Waals surface area contributed by atoms with Crippen molar-refractivity contribution in [2.45, 2.75) is 0 Å². The molecule has 1 aliphatic heterocycles. The number of halogens is 1. The van der Waals surface area contributed by atoms with Crippen LogP contribution in [0.25, 0.3) is 0 Å². The molecule has 0 aliphatic carbocycles. The molecule has 0 aromatic heterocycles. The number of nitrogens with two attached hydrogens (primary N) is 1. The first-order valence-electron chi connectivity index (χ1n) is 5.35. The number of nitrogens with zero attached hydrogens (tertiary/aromatic N) is 1. The number of morpholine rings is 1. The third kappa shape index (κ3) is 2.92. The minimum atomic E-state index is -0.584. The van der Waals surface area contributed by atoms with Gasteiger partial charge in [0.1, 0.15) is 5.82 Å². The van der Waals surface area contributed by atoms with E-state index < -0.39 is 5.82 Å². The van der Waals surface area contributed by atoms with Gasteiger partial charge in [-0.05, 0) is 18.2 Å². The van der Waals surface area contributed by atoms with Gasteiger partial charge >= 0.3 is 0 Å². The first-order valence-corrected chi connectivity index (χ1v) is 5.35. The average molecular weight is 239 g/mol. The standard InChI is InChI=1S/C11H14FN3O2/c12-9-7-8(1-2-10(9)13)11(16)14-15-3-5-17-6-4-15/h1-2,7H,3-6,13H2,(H,14,16). The zero-order valence-corrected chi connectivity index (χ0v) is 9.28. The van der Waals surface area contributed by atoms with Crippen molar-refractivity contribution >= 4 is 11.6 Å². The summed E-state index contributed by atoms with van der Waals surface area (Å²) in [6.45, 7) is 2.42. The van der Waals surface area contributed by atoms with Crippen molar-refractivity contribution < 1.29 is 13.9 Å². The highest BCUT2D eigenvalue weighted by Crippen LogP contribution is 2.11. The molecule has 1 aromatic carbocycles. The third-order valence-electron chi connectivity index (χ3n) is 2.53. The first-order chi connectivity index (χ1) is 8.16. The highest BCUT2D eigenvalue weighted by atomic mass is 19.1. The van der Waals surface area contributed by atoms with E-state index in [-0.39, 0.29) is 17.2 Å². The molecule has 0 spiro atoms. The van der Waals surface area contributed by atoms with E-state index in [1.54, 1.807) is 5.01 Å². The molecule has 1 aliphatic rings. The van der Waals surface area contributed by atoms with Crippen LogP contribution in [0.1, 0.15) is 10.4 Å². The summed E-state index contributed by atoms with van der Waals surface area (Å²) < 4.78 is 18.3. The Morgan fingerprint density at radius 2 is 2.12 bits per heavy atom. The minimum absolute atomic E-state index is 0.0351. The molecule has 1 saturated heterocycles. The molecule has 0 bridgehead atoms. The van der Waals surface area contributed by atoms with Crippen molar-refractivity contribution in [1.82, 2.24) is 10.4 Å². The van der Waals surface area contributed by atoms with Crippen LogP contribution >= 0.6 is 0 Å². The molecule has 1 heterocycles. The Morgan fingerprint density at radius 1 is 1.41 bits per heavy atom. The summed E-state index contributed by atoms with van der Waals surface area (Å²) >= 11 is 0. The molecule has 6 heteroatoms. The number of hydrogen-bond donors (Lipinski definition) is 2.